The summed E-state index contributed by atoms with van der Waals surface area (Å²) >= 11 is 0. The molecule has 2 atom stereocenters. The summed E-state index contributed by atoms with van der Waals surface area (Å²) in [6, 6.07) is 1.41. The lowest BCUT2D eigenvalue weighted by molar-refractivity contribution is -0.141. The van der Waals surface area contributed by atoms with E-state index in [2.05, 4.69) is 16.7 Å². The van der Waals surface area contributed by atoms with Crippen LogP contribution in [0, 0.1) is 5.92 Å². The zero-order chi connectivity index (χ0) is 13.9. The second-order valence-electron chi connectivity index (χ2n) is 7.03. The Hall–Kier alpha value is -0.570. The van der Waals surface area contributed by atoms with E-state index in [-0.39, 0.29) is 0 Å². The molecule has 0 aromatic carbocycles. The summed E-state index contributed by atoms with van der Waals surface area (Å²) in [5.41, 5.74) is 0. The maximum absolute atomic E-state index is 12.2. The summed E-state index contributed by atoms with van der Waals surface area (Å²) < 4.78 is 0. The van der Waals surface area contributed by atoms with Gasteiger partial charge in [-0.05, 0) is 38.0 Å². The van der Waals surface area contributed by atoms with Crippen molar-refractivity contribution in [3.8, 4) is 0 Å². The molecule has 1 amide bonds. The predicted octanol–water partition coefficient (Wildman–Crippen LogP) is 3.04. The molecular weight excluding hydrogens is 248 g/mol. The van der Waals surface area contributed by atoms with Gasteiger partial charge in [-0.3, -0.25) is 9.69 Å². The highest BCUT2D eigenvalue weighted by Crippen LogP contribution is 2.34. The van der Waals surface area contributed by atoms with Crippen molar-refractivity contribution in [2.45, 2.75) is 76.8 Å². The number of likely N-dealkylation sites (tertiary alicyclic amines) is 2. The molecule has 0 aromatic rings. The summed E-state index contributed by atoms with van der Waals surface area (Å²) in [4.78, 5) is 17.2. The summed E-state index contributed by atoms with van der Waals surface area (Å²) in [6.07, 6.45) is 11.2. The van der Waals surface area contributed by atoms with Crippen LogP contribution in [0.5, 0.6) is 0 Å². The van der Waals surface area contributed by atoms with E-state index in [4.69, 9.17) is 0 Å². The van der Waals surface area contributed by atoms with Crippen molar-refractivity contribution in [2.24, 2.45) is 5.92 Å². The summed E-state index contributed by atoms with van der Waals surface area (Å²) in [7, 11) is 0. The Balaban J connectivity index is 1.61. The zero-order valence-corrected chi connectivity index (χ0v) is 13.0. The van der Waals surface area contributed by atoms with Gasteiger partial charge in [0.15, 0.2) is 0 Å². The number of unbranched alkanes of at least 4 members (excludes halogenated alkanes) is 1. The first-order valence-electron chi connectivity index (χ1n) is 8.83. The van der Waals surface area contributed by atoms with Gasteiger partial charge in [0, 0.05) is 38.1 Å². The molecular formula is C17H30N2O. The molecule has 1 saturated carbocycles. The fourth-order valence-corrected chi connectivity index (χ4v) is 4.60. The molecule has 1 aliphatic carbocycles. The first kappa shape index (κ1) is 14.4. The van der Waals surface area contributed by atoms with Gasteiger partial charge in [0.2, 0.25) is 5.91 Å². The average molecular weight is 278 g/mol. The fourth-order valence-electron chi connectivity index (χ4n) is 4.60. The number of amides is 1. The molecule has 3 heteroatoms. The van der Waals surface area contributed by atoms with E-state index in [1.807, 2.05) is 0 Å². The number of fused-ring (bicyclic) bond motifs is 1. The molecule has 2 aliphatic heterocycles. The van der Waals surface area contributed by atoms with Crippen molar-refractivity contribution in [1.29, 1.82) is 0 Å². The number of hydrogen-bond acceptors (Lipinski definition) is 2. The van der Waals surface area contributed by atoms with Crippen LogP contribution >= 0.6 is 0 Å². The largest absolute Gasteiger partial charge is 0.339 e. The lowest BCUT2D eigenvalue weighted by Gasteiger charge is -2.48. The molecule has 20 heavy (non-hydrogen) atoms. The van der Waals surface area contributed by atoms with Crippen LogP contribution < -0.4 is 0 Å². The van der Waals surface area contributed by atoms with E-state index in [1.54, 1.807) is 0 Å². The number of hydrogen-bond donors (Lipinski definition) is 0. The Labute approximate surface area is 123 Å². The van der Waals surface area contributed by atoms with Gasteiger partial charge in [-0.25, -0.2) is 0 Å². The van der Waals surface area contributed by atoms with Crippen molar-refractivity contribution in [3.05, 3.63) is 0 Å². The predicted molar refractivity (Wildman–Crippen MR) is 81.6 cm³/mol. The first-order chi connectivity index (χ1) is 9.79. The van der Waals surface area contributed by atoms with Crippen LogP contribution in [0.2, 0.25) is 0 Å². The SMILES string of the molecule is CCCCN1C(=O)CC[C@@H]2CN(C3CCCC3)CC[C@@H]21. The van der Waals surface area contributed by atoms with Gasteiger partial charge < -0.3 is 4.90 Å². The maximum atomic E-state index is 12.2. The zero-order valence-electron chi connectivity index (χ0n) is 13.0. The van der Waals surface area contributed by atoms with Gasteiger partial charge in [-0.2, -0.15) is 0 Å². The van der Waals surface area contributed by atoms with E-state index in [9.17, 15) is 4.79 Å². The lowest BCUT2D eigenvalue weighted by Crippen LogP contribution is -2.57. The van der Waals surface area contributed by atoms with Gasteiger partial charge in [0.1, 0.15) is 0 Å². The highest BCUT2D eigenvalue weighted by molar-refractivity contribution is 5.77. The van der Waals surface area contributed by atoms with Crippen LogP contribution in [-0.4, -0.2) is 47.4 Å². The van der Waals surface area contributed by atoms with E-state index in [0.29, 0.717) is 11.9 Å². The van der Waals surface area contributed by atoms with Crippen molar-refractivity contribution >= 4 is 5.91 Å². The van der Waals surface area contributed by atoms with Crippen LogP contribution in [-0.2, 0) is 4.79 Å². The highest BCUT2D eigenvalue weighted by Gasteiger charge is 2.40. The second-order valence-corrected chi connectivity index (χ2v) is 7.03. The standard InChI is InChI=1S/C17H30N2O/c1-2-3-11-19-16-10-12-18(15-6-4-5-7-15)13-14(16)8-9-17(19)20/h14-16H,2-13H2,1H3/t14-,16+/m1/s1. The quantitative estimate of drug-likeness (QED) is 0.789. The number of piperidine rings is 2. The van der Waals surface area contributed by atoms with Crippen LogP contribution in [0.15, 0.2) is 0 Å². The van der Waals surface area contributed by atoms with E-state index in [1.165, 1.54) is 58.0 Å². The lowest BCUT2D eigenvalue weighted by atomic mass is 9.82. The first-order valence-corrected chi connectivity index (χ1v) is 8.83. The Bertz CT molecular complexity index is 338. The smallest absolute Gasteiger partial charge is 0.222 e. The minimum atomic E-state index is 0.425. The number of carbonyl (C=O) groups is 1. The minimum Gasteiger partial charge on any atom is -0.339 e. The number of carbonyl (C=O) groups excluding carboxylic acids is 1. The normalized spacial score (nSPS) is 32.6. The van der Waals surface area contributed by atoms with Crippen LogP contribution in [0.1, 0.15) is 64.7 Å². The Morgan fingerprint density at radius 3 is 2.70 bits per heavy atom. The molecule has 0 unspecified atom stereocenters. The Morgan fingerprint density at radius 1 is 1.15 bits per heavy atom. The van der Waals surface area contributed by atoms with Crippen molar-refractivity contribution in [2.75, 3.05) is 19.6 Å². The van der Waals surface area contributed by atoms with Crippen LogP contribution in [0.3, 0.4) is 0 Å². The Morgan fingerprint density at radius 2 is 1.95 bits per heavy atom. The number of rotatable bonds is 4. The second kappa shape index (κ2) is 6.46. The van der Waals surface area contributed by atoms with E-state index >= 15 is 0 Å². The molecule has 3 nitrogen and oxygen atoms in total. The molecule has 0 spiro atoms. The van der Waals surface area contributed by atoms with Gasteiger partial charge in [-0.15, -0.1) is 0 Å². The molecule has 3 rings (SSSR count). The molecule has 0 bridgehead atoms. The van der Waals surface area contributed by atoms with Gasteiger partial charge in [-0.1, -0.05) is 26.2 Å². The average Bonchev–Trinajstić information content (AvgIpc) is 3.00. The topological polar surface area (TPSA) is 23.6 Å². The molecule has 114 valence electrons. The van der Waals surface area contributed by atoms with Crippen molar-refractivity contribution in [1.82, 2.24) is 9.80 Å². The van der Waals surface area contributed by atoms with E-state index < -0.39 is 0 Å². The van der Waals surface area contributed by atoms with Gasteiger partial charge in [0.25, 0.3) is 0 Å². The molecule has 3 aliphatic rings. The maximum Gasteiger partial charge on any atom is 0.222 e. The summed E-state index contributed by atoms with van der Waals surface area (Å²) in [5, 5.41) is 0. The Kier molecular flexibility index (Phi) is 4.65. The van der Waals surface area contributed by atoms with E-state index in [0.717, 1.165) is 31.3 Å². The van der Waals surface area contributed by atoms with Crippen LogP contribution in [0.25, 0.3) is 0 Å². The summed E-state index contributed by atoms with van der Waals surface area (Å²) in [6.45, 7) is 5.70. The molecule has 0 aromatic heterocycles. The fraction of sp³-hybridized carbons (Fsp3) is 0.941. The molecule has 2 heterocycles. The third-order valence-electron chi connectivity index (χ3n) is 5.77. The number of nitrogens with zero attached hydrogens (tertiary/aromatic N) is 2. The minimum absolute atomic E-state index is 0.425. The monoisotopic (exact) mass is 278 g/mol. The van der Waals surface area contributed by atoms with Crippen molar-refractivity contribution in [3.63, 3.8) is 0 Å². The van der Waals surface area contributed by atoms with Gasteiger partial charge >= 0.3 is 0 Å². The van der Waals surface area contributed by atoms with Gasteiger partial charge in [0.05, 0.1) is 0 Å². The van der Waals surface area contributed by atoms with Crippen LogP contribution in [0.4, 0.5) is 0 Å². The van der Waals surface area contributed by atoms with Crippen molar-refractivity contribution < 1.29 is 4.79 Å². The summed E-state index contributed by atoms with van der Waals surface area (Å²) in [5.74, 6) is 1.17. The molecule has 0 N–H and O–H groups in total. The highest BCUT2D eigenvalue weighted by atomic mass is 16.2. The third kappa shape index (κ3) is 2.88. The molecule has 2 saturated heterocycles. The third-order valence-corrected chi connectivity index (χ3v) is 5.77. The molecule has 0 radical (unpaired) electrons. The molecule has 3 fully saturated rings.